The first-order valence-corrected chi connectivity index (χ1v) is 7.66. The third kappa shape index (κ3) is 8.60. The molecule has 4 heteroatoms. The quantitative estimate of drug-likeness (QED) is 0.380. The van der Waals surface area contributed by atoms with Crippen LogP contribution in [0.25, 0.3) is 0 Å². The number of ether oxygens (including phenoxy) is 2. The van der Waals surface area contributed by atoms with Gasteiger partial charge >= 0.3 is 0 Å². The van der Waals surface area contributed by atoms with Crippen LogP contribution >= 0.6 is 0 Å². The molecule has 0 unspecified atom stereocenters. The second-order valence-corrected chi connectivity index (χ2v) is 4.93. The number of benzene rings is 1. The Kier molecular flexibility index (Phi) is 9.99. The van der Waals surface area contributed by atoms with Gasteiger partial charge in [0.05, 0.1) is 13.3 Å². The van der Waals surface area contributed by atoms with Crippen LogP contribution in [0.4, 0.5) is 4.39 Å². The molecular formula is C18H26FNO2. The van der Waals surface area contributed by atoms with Crippen LogP contribution in [0.1, 0.15) is 26.2 Å². The molecule has 0 atom stereocenters. The predicted molar refractivity (Wildman–Crippen MR) is 88.5 cm³/mol. The average molecular weight is 307 g/mol. The normalized spacial score (nSPS) is 12.0. The second kappa shape index (κ2) is 12.0. The van der Waals surface area contributed by atoms with Crippen LogP contribution in [0, 0.1) is 5.82 Å². The van der Waals surface area contributed by atoms with E-state index in [0.717, 1.165) is 25.8 Å². The van der Waals surface area contributed by atoms with Gasteiger partial charge < -0.3 is 9.47 Å². The standard InChI is InChI=1S/C18H26FNO2/c1-3-16(14-20-15-21-2)9-6-4-5-7-12-22-18-11-8-10-17(19)13-18/h3,6,8-11,13,20H,4-5,7,12,14-15H2,1-2H3/b9-6-,16-3+. The van der Waals surface area contributed by atoms with E-state index in [2.05, 4.69) is 23.5 Å². The van der Waals surface area contributed by atoms with Crippen molar-refractivity contribution in [3.8, 4) is 5.75 Å². The van der Waals surface area contributed by atoms with E-state index in [1.165, 1.54) is 17.7 Å². The molecule has 1 N–H and O–H groups in total. The van der Waals surface area contributed by atoms with Crippen molar-refractivity contribution >= 4 is 0 Å². The Morgan fingerprint density at radius 3 is 2.91 bits per heavy atom. The van der Waals surface area contributed by atoms with Gasteiger partial charge in [-0.15, -0.1) is 0 Å². The minimum atomic E-state index is -0.263. The summed E-state index contributed by atoms with van der Waals surface area (Å²) in [6, 6.07) is 6.25. The van der Waals surface area contributed by atoms with Gasteiger partial charge in [0.1, 0.15) is 11.6 Å². The monoisotopic (exact) mass is 307 g/mol. The van der Waals surface area contributed by atoms with Crippen molar-refractivity contribution in [3.05, 3.63) is 53.9 Å². The number of methoxy groups -OCH3 is 1. The van der Waals surface area contributed by atoms with Gasteiger partial charge in [0.15, 0.2) is 0 Å². The molecular weight excluding hydrogens is 281 g/mol. The number of nitrogens with one attached hydrogen (secondary N) is 1. The van der Waals surface area contributed by atoms with Gasteiger partial charge in [0, 0.05) is 19.7 Å². The summed E-state index contributed by atoms with van der Waals surface area (Å²) in [5, 5.41) is 3.18. The van der Waals surface area contributed by atoms with Crippen molar-refractivity contribution in [1.82, 2.24) is 5.32 Å². The Hall–Kier alpha value is -1.65. The third-order valence-electron chi connectivity index (χ3n) is 3.11. The lowest BCUT2D eigenvalue weighted by Gasteiger charge is -2.05. The van der Waals surface area contributed by atoms with Crippen LogP contribution in [0.15, 0.2) is 48.1 Å². The lowest BCUT2D eigenvalue weighted by molar-refractivity contribution is 0.178. The molecule has 0 aliphatic rings. The molecule has 1 aromatic rings. The smallest absolute Gasteiger partial charge is 0.126 e. The lowest BCUT2D eigenvalue weighted by Crippen LogP contribution is -2.18. The van der Waals surface area contributed by atoms with Crippen LogP contribution in [0.5, 0.6) is 5.75 Å². The van der Waals surface area contributed by atoms with Crippen molar-refractivity contribution in [2.75, 3.05) is 27.0 Å². The van der Waals surface area contributed by atoms with Gasteiger partial charge in [0.2, 0.25) is 0 Å². The highest BCUT2D eigenvalue weighted by molar-refractivity contribution is 5.22. The summed E-state index contributed by atoms with van der Waals surface area (Å²) in [4.78, 5) is 0. The lowest BCUT2D eigenvalue weighted by atomic mass is 10.2. The Labute approximate surface area is 132 Å². The summed E-state index contributed by atoms with van der Waals surface area (Å²) in [6.45, 7) is 4.01. The Bertz CT molecular complexity index is 472. The SMILES string of the molecule is C/C=C(\C=C/CCCCOc1cccc(F)c1)CNCOC. The van der Waals surface area contributed by atoms with Gasteiger partial charge in [-0.25, -0.2) is 4.39 Å². The summed E-state index contributed by atoms with van der Waals surface area (Å²) >= 11 is 0. The molecule has 0 radical (unpaired) electrons. The number of rotatable bonds is 11. The summed E-state index contributed by atoms with van der Waals surface area (Å²) < 4.78 is 23.4. The zero-order chi connectivity index (χ0) is 16.0. The first kappa shape index (κ1) is 18.4. The Morgan fingerprint density at radius 2 is 2.18 bits per heavy atom. The maximum absolute atomic E-state index is 13.0. The van der Waals surface area contributed by atoms with E-state index in [0.29, 0.717) is 19.1 Å². The van der Waals surface area contributed by atoms with Crippen molar-refractivity contribution < 1.29 is 13.9 Å². The molecule has 22 heavy (non-hydrogen) atoms. The van der Waals surface area contributed by atoms with E-state index in [4.69, 9.17) is 9.47 Å². The molecule has 0 saturated carbocycles. The van der Waals surface area contributed by atoms with E-state index in [9.17, 15) is 4.39 Å². The first-order valence-electron chi connectivity index (χ1n) is 7.66. The fourth-order valence-electron chi connectivity index (χ4n) is 1.90. The maximum atomic E-state index is 13.0. The van der Waals surface area contributed by atoms with Gasteiger partial charge in [0.25, 0.3) is 0 Å². The number of hydrogen-bond acceptors (Lipinski definition) is 3. The fraction of sp³-hybridized carbons (Fsp3) is 0.444. The highest BCUT2D eigenvalue weighted by Crippen LogP contribution is 2.12. The molecule has 0 amide bonds. The average Bonchev–Trinajstić information content (AvgIpc) is 2.52. The minimum absolute atomic E-state index is 0.263. The van der Waals surface area contributed by atoms with Gasteiger partial charge in [-0.2, -0.15) is 0 Å². The summed E-state index contributed by atoms with van der Waals surface area (Å²) in [6.07, 6.45) is 9.41. The molecule has 0 aliphatic carbocycles. The van der Waals surface area contributed by atoms with Crippen LogP contribution in [0.3, 0.4) is 0 Å². The number of hydrogen-bond donors (Lipinski definition) is 1. The highest BCUT2D eigenvalue weighted by Gasteiger charge is 1.95. The van der Waals surface area contributed by atoms with Crippen molar-refractivity contribution in [2.24, 2.45) is 0 Å². The molecule has 1 aromatic carbocycles. The molecule has 0 saturated heterocycles. The molecule has 0 aliphatic heterocycles. The minimum Gasteiger partial charge on any atom is -0.493 e. The number of halogens is 1. The maximum Gasteiger partial charge on any atom is 0.126 e. The number of allylic oxidation sites excluding steroid dienone is 2. The first-order chi connectivity index (χ1) is 10.8. The van der Waals surface area contributed by atoms with Crippen molar-refractivity contribution in [2.45, 2.75) is 26.2 Å². The zero-order valence-corrected chi connectivity index (χ0v) is 13.5. The third-order valence-corrected chi connectivity index (χ3v) is 3.11. The van der Waals surface area contributed by atoms with E-state index < -0.39 is 0 Å². The molecule has 0 spiro atoms. The van der Waals surface area contributed by atoms with E-state index in [1.807, 2.05) is 6.92 Å². The number of unbranched alkanes of at least 4 members (excludes halogenated alkanes) is 2. The second-order valence-electron chi connectivity index (χ2n) is 4.93. The molecule has 0 aromatic heterocycles. The van der Waals surface area contributed by atoms with Crippen LogP contribution in [0.2, 0.25) is 0 Å². The summed E-state index contributed by atoms with van der Waals surface area (Å²) in [5.74, 6) is 0.331. The van der Waals surface area contributed by atoms with E-state index in [-0.39, 0.29) is 5.82 Å². The molecule has 0 heterocycles. The largest absolute Gasteiger partial charge is 0.493 e. The summed E-state index contributed by atoms with van der Waals surface area (Å²) in [5.41, 5.74) is 1.24. The molecule has 0 bridgehead atoms. The Morgan fingerprint density at radius 1 is 1.32 bits per heavy atom. The topological polar surface area (TPSA) is 30.5 Å². The van der Waals surface area contributed by atoms with Crippen LogP contribution in [-0.2, 0) is 4.74 Å². The van der Waals surface area contributed by atoms with Gasteiger partial charge in [-0.05, 0) is 43.9 Å². The summed E-state index contributed by atoms with van der Waals surface area (Å²) in [7, 11) is 1.67. The molecule has 0 fully saturated rings. The zero-order valence-electron chi connectivity index (χ0n) is 13.5. The fourth-order valence-corrected chi connectivity index (χ4v) is 1.90. The Balaban J connectivity index is 2.10. The van der Waals surface area contributed by atoms with Crippen LogP contribution in [-0.4, -0.2) is 27.0 Å². The van der Waals surface area contributed by atoms with Gasteiger partial charge in [-0.3, -0.25) is 5.32 Å². The van der Waals surface area contributed by atoms with Crippen molar-refractivity contribution in [3.63, 3.8) is 0 Å². The molecule has 122 valence electrons. The van der Waals surface area contributed by atoms with Crippen LogP contribution < -0.4 is 10.1 Å². The predicted octanol–water partition coefficient (Wildman–Crippen LogP) is 4.07. The molecule has 3 nitrogen and oxygen atoms in total. The van der Waals surface area contributed by atoms with Crippen molar-refractivity contribution in [1.29, 1.82) is 0 Å². The highest BCUT2D eigenvalue weighted by atomic mass is 19.1. The molecule has 1 rings (SSSR count). The van der Waals surface area contributed by atoms with E-state index in [1.54, 1.807) is 19.2 Å². The van der Waals surface area contributed by atoms with Gasteiger partial charge in [-0.1, -0.05) is 24.3 Å². The van der Waals surface area contributed by atoms with E-state index >= 15 is 0 Å².